The molecule has 1 aliphatic rings. The Morgan fingerprint density at radius 1 is 1.15 bits per heavy atom. The topological polar surface area (TPSA) is 46.2 Å². The van der Waals surface area contributed by atoms with E-state index in [0.29, 0.717) is 11.5 Å². The van der Waals surface area contributed by atoms with Crippen molar-refractivity contribution in [2.75, 3.05) is 6.54 Å². The third kappa shape index (κ3) is 3.92. The van der Waals surface area contributed by atoms with E-state index >= 15 is 0 Å². The molecule has 1 atom stereocenters. The van der Waals surface area contributed by atoms with E-state index in [1.807, 2.05) is 25.1 Å². The molecule has 1 fully saturated rings. The van der Waals surface area contributed by atoms with Crippen molar-refractivity contribution < 1.29 is 9.59 Å². The second-order valence-electron chi connectivity index (χ2n) is 5.70. The molecule has 0 heterocycles. The molecule has 0 bridgehead atoms. The lowest BCUT2D eigenvalue weighted by Crippen LogP contribution is -2.35. The molecule has 0 radical (unpaired) electrons. The highest BCUT2D eigenvalue weighted by molar-refractivity contribution is 5.97. The Bertz CT molecular complexity index is 449. The molecule has 1 saturated carbocycles. The maximum atomic E-state index is 12.2. The third-order valence-electron chi connectivity index (χ3n) is 4.32. The molecular weight excluding hydrogens is 250 g/mol. The van der Waals surface area contributed by atoms with Gasteiger partial charge in [0.1, 0.15) is 0 Å². The first-order valence-electron chi connectivity index (χ1n) is 7.54. The fourth-order valence-corrected chi connectivity index (χ4v) is 2.92. The summed E-state index contributed by atoms with van der Waals surface area (Å²) >= 11 is 0. The Hall–Kier alpha value is -1.64. The van der Waals surface area contributed by atoms with Gasteiger partial charge in [0.2, 0.25) is 0 Å². The Morgan fingerprint density at radius 3 is 2.45 bits per heavy atom. The van der Waals surface area contributed by atoms with Crippen molar-refractivity contribution in [1.82, 2.24) is 5.32 Å². The number of carbonyl (C=O) groups excluding carboxylic acids is 2. The van der Waals surface area contributed by atoms with E-state index in [0.717, 1.165) is 12.8 Å². The number of benzene rings is 1. The number of Topliss-reactive ketones (excluding diaryl/α,β-unsaturated/α-hetero) is 1. The average molecular weight is 273 g/mol. The maximum Gasteiger partial charge on any atom is 0.251 e. The van der Waals surface area contributed by atoms with E-state index in [1.54, 1.807) is 12.1 Å². The normalized spacial score (nSPS) is 17.4. The lowest BCUT2D eigenvalue weighted by molar-refractivity contribution is -0.123. The number of rotatable bonds is 5. The number of hydrogen-bond acceptors (Lipinski definition) is 2. The van der Waals surface area contributed by atoms with Crippen LogP contribution in [0.15, 0.2) is 30.3 Å². The van der Waals surface area contributed by atoms with Crippen LogP contribution in [-0.2, 0) is 4.79 Å². The first-order chi connectivity index (χ1) is 9.68. The highest BCUT2D eigenvalue weighted by atomic mass is 16.2. The molecule has 3 heteroatoms. The lowest BCUT2D eigenvalue weighted by atomic mass is 9.79. The van der Waals surface area contributed by atoms with Crippen LogP contribution >= 0.6 is 0 Å². The zero-order valence-electron chi connectivity index (χ0n) is 12.1. The second kappa shape index (κ2) is 7.22. The van der Waals surface area contributed by atoms with Crippen LogP contribution in [0.1, 0.15) is 49.4 Å². The maximum absolute atomic E-state index is 12.2. The number of ketones is 1. The summed E-state index contributed by atoms with van der Waals surface area (Å²) in [6.45, 7) is 2.15. The van der Waals surface area contributed by atoms with E-state index in [4.69, 9.17) is 0 Å². The average Bonchev–Trinajstić information content (AvgIpc) is 2.53. The monoisotopic (exact) mass is 273 g/mol. The molecule has 1 N–H and O–H groups in total. The van der Waals surface area contributed by atoms with Crippen LogP contribution in [0.5, 0.6) is 0 Å². The van der Waals surface area contributed by atoms with Gasteiger partial charge >= 0.3 is 0 Å². The predicted molar refractivity (Wildman–Crippen MR) is 79.5 cm³/mol. The van der Waals surface area contributed by atoms with Gasteiger partial charge in [-0.25, -0.2) is 0 Å². The molecule has 2 rings (SSSR count). The summed E-state index contributed by atoms with van der Waals surface area (Å²) in [5, 5.41) is 2.73. The van der Waals surface area contributed by atoms with E-state index in [2.05, 4.69) is 5.32 Å². The van der Waals surface area contributed by atoms with Crippen LogP contribution in [0, 0.1) is 11.8 Å². The molecule has 1 amide bonds. The van der Waals surface area contributed by atoms with Crippen molar-refractivity contribution in [2.24, 2.45) is 11.8 Å². The van der Waals surface area contributed by atoms with Gasteiger partial charge in [-0.05, 0) is 30.9 Å². The Morgan fingerprint density at radius 2 is 1.80 bits per heavy atom. The number of hydrogen-bond donors (Lipinski definition) is 1. The van der Waals surface area contributed by atoms with Gasteiger partial charge in [-0.15, -0.1) is 0 Å². The molecule has 108 valence electrons. The molecular formula is C17H23NO2. The third-order valence-corrected chi connectivity index (χ3v) is 4.32. The fraction of sp³-hybridized carbons (Fsp3) is 0.529. The Kier molecular flexibility index (Phi) is 5.33. The van der Waals surface area contributed by atoms with E-state index in [9.17, 15) is 9.59 Å². The second-order valence-corrected chi connectivity index (χ2v) is 5.70. The summed E-state index contributed by atoms with van der Waals surface area (Å²) in [7, 11) is 0. The van der Waals surface area contributed by atoms with Gasteiger partial charge < -0.3 is 5.32 Å². The van der Waals surface area contributed by atoms with E-state index in [-0.39, 0.29) is 24.2 Å². The minimum Gasteiger partial charge on any atom is -0.345 e. The standard InChI is InChI=1S/C17H23NO2/c1-13(14-8-4-2-5-9-14)16(19)12-18-17(20)15-10-6-3-7-11-15/h3,6-7,10-11,13-14H,2,4-5,8-9,12H2,1H3,(H,18,20)/t13-/m0/s1. The van der Waals surface area contributed by atoms with Crippen molar-refractivity contribution in [3.8, 4) is 0 Å². The van der Waals surface area contributed by atoms with Gasteiger partial charge in [0.05, 0.1) is 6.54 Å². The van der Waals surface area contributed by atoms with Crippen LogP contribution in [0.3, 0.4) is 0 Å². The van der Waals surface area contributed by atoms with Crippen LogP contribution in [0.25, 0.3) is 0 Å². The summed E-state index contributed by atoms with van der Waals surface area (Å²) in [6.07, 6.45) is 6.07. The Balaban J connectivity index is 1.81. The summed E-state index contributed by atoms with van der Waals surface area (Å²) in [5.74, 6) is 0.548. The fourth-order valence-electron chi connectivity index (χ4n) is 2.92. The van der Waals surface area contributed by atoms with E-state index in [1.165, 1.54) is 19.3 Å². The van der Waals surface area contributed by atoms with Gasteiger partial charge in [0.15, 0.2) is 5.78 Å². The van der Waals surface area contributed by atoms with Gasteiger partial charge in [-0.2, -0.15) is 0 Å². The quantitative estimate of drug-likeness (QED) is 0.895. The van der Waals surface area contributed by atoms with Crippen molar-refractivity contribution in [3.05, 3.63) is 35.9 Å². The van der Waals surface area contributed by atoms with Crippen molar-refractivity contribution in [2.45, 2.75) is 39.0 Å². The van der Waals surface area contributed by atoms with Gasteiger partial charge in [0.25, 0.3) is 5.91 Å². The van der Waals surface area contributed by atoms with Crippen molar-refractivity contribution in [1.29, 1.82) is 0 Å². The summed E-state index contributed by atoms with van der Waals surface area (Å²) < 4.78 is 0. The molecule has 1 aliphatic carbocycles. The largest absolute Gasteiger partial charge is 0.345 e. The minimum atomic E-state index is -0.171. The van der Waals surface area contributed by atoms with Crippen molar-refractivity contribution >= 4 is 11.7 Å². The lowest BCUT2D eigenvalue weighted by Gasteiger charge is -2.26. The molecule has 3 nitrogen and oxygen atoms in total. The molecule has 0 aromatic heterocycles. The number of nitrogens with one attached hydrogen (secondary N) is 1. The SMILES string of the molecule is C[C@H](C(=O)CNC(=O)c1ccccc1)C1CCCCC1. The van der Waals surface area contributed by atoms with Gasteiger partial charge in [-0.1, -0.05) is 44.4 Å². The molecule has 1 aromatic carbocycles. The summed E-state index contributed by atoms with van der Waals surface area (Å²) in [4.78, 5) is 24.0. The molecule has 20 heavy (non-hydrogen) atoms. The van der Waals surface area contributed by atoms with Crippen LogP contribution in [0.4, 0.5) is 0 Å². The van der Waals surface area contributed by atoms with Gasteiger partial charge in [-0.3, -0.25) is 9.59 Å². The minimum absolute atomic E-state index is 0.0615. The Labute approximate surface area is 120 Å². The van der Waals surface area contributed by atoms with Crippen molar-refractivity contribution in [3.63, 3.8) is 0 Å². The van der Waals surface area contributed by atoms with Crippen LogP contribution in [0.2, 0.25) is 0 Å². The number of amides is 1. The zero-order valence-corrected chi connectivity index (χ0v) is 12.1. The molecule has 0 unspecified atom stereocenters. The number of carbonyl (C=O) groups is 2. The van der Waals surface area contributed by atoms with Gasteiger partial charge in [0, 0.05) is 11.5 Å². The molecule has 0 aliphatic heterocycles. The molecule has 0 saturated heterocycles. The van der Waals surface area contributed by atoms with E-state index < -0.39 is 0 Å². The highest BCUT2D eigenvalue weighted by Gasteiger charge is 2.25. The van der Waals surface area contributed by atoms with Crippen LogP contribution < -0.4 is 5.32 Å². The molecule has 1 aromatic rings. The predicted octanol–water partition coefficient (Wildman–Crippen LogP) is 3.20. The summed E-state index contributed by atoms with van der Waals surface area (Å²) in [5.41, 5.74) is 0.602. The summed E-state index contributed by atoms with van der Waals surface area (Å²) in [6, 6.07) is 9.02. The highest BCUT2D eigenvalue weighted by Crippen LogP contribution is 2.30. The first kappa shape index (κ1) is 14.8. The zero-order chi connectivity index (χ0) is 14.4. The first-order valence-corrected chi connectivity index (χ1v) is 7.54. The smallest absolute Gasteiger partial charge is 0.251 e. The molecule has 0 spiro atoms. The van der Waals surface area contributed by atoms with Crippen LogP contribution in [-0.4, -0.2) is 18.2 Å².